The predicted octanol–water partition coefficient (Wildman–Crippen LogP) is 19.6. The van der Waals surface area contributed by atoms with Crippen LogP contribution in [0.4, 0.5) is 8.78 Å². The van der Waals surface area contributed by atoms with Gasteiger partial charge in [-0.25, -0.2) is 8.78 Å². The Kier molecular flexibility index (Phi) is 20.7. The minimum atomic E-state index is -0.839. The second-order valence-corrected chi connectivity index (χ2v) is 26.2. The van der Waals surface area contributed by atoms with Gasteiger partial charge in [0.05, 0.1) is 21.7 Å². The fourth-order valence-electron chi connectivity index (χ4n) is 17.6. The van der Waals surface area contributed by atoms with Crippen LogP contribution in [-0.4, -0.2) is 23.9 Å². The molecule has 0 aromatic rings. The molecule has 4 heteroatoms. The van der Waals surface area contributed by atoms with E-state index >= 15 is 8.78 Å². The Morgan fingerprint density at radius 2 is 0.552 bits per heavy atom. The maximum atomic E-state index is 15.9. The Hall–Kier alpha value is -0.800. The van der Waals surface area contributed by atoms with Crippen molar-refractivity contribution in [2.75, 3.05) is 0 Å². The molecule has 386 valence electrons. The van der Waals surface area contributed by atoms with Gasteiger partial charge in [0.1, 0.15) is 12.3 Å². The van der Waals surface area contributed by atoms with Gasteiger partial charge in [-0.15, -0.1) is 0 Å². The summed E-state index contributed by atoms with van der Waals surface area (Å²) >= 11 is 0. The van der Waals surface area contributed by atoms with E-state index in [0.717, 1.165) is 150 Å². The molecule has 0 heterocycles. The standard InChI is InChI=1S/C32H55FO.C31H53FO/c1-3-5-7-8-10-12-25-13-15-27(16-14-25)28-19-23-32(24-20-28)29(33)31(30(32)34)21-17-26(18-22-31)11-9-6-4-2;1-3-5-7-8-9-11-24-12-14-26(15-13-24)27-18-22-31(23-19-27)28(32)30(29(31)33)20-16-25(17-21-30)10-6-4-2/h25-29H,3-24H2,1-2H3;24-28H,3-23H2,1-2H3/t25?,26-,27?,28?,29-,31+,32?;24?,25?,26?,27-,28-,30-,31+/m11/s1. The highest BCUT2D eigenvalue weighted by atomic mass is 19.1. The lowest BCUT2D eigenvalue weighted by molar-refractivity contribution is -0.194. The van der Waals surface area contributed by atoms with Gasteiger partial charge in [0.15, 0.2) is 11.6 Å². The van der Waals surface area contributed by atoms with Crippen LogP contribution >= 0.6 is 0 Å². The first-order valence-electron chi connectivity index (χ1n) is 31.0. The lowest BCUT2D eigenvalue weighted by atomic mass is 9.41. The molecule has 0 aromatic heterocycles. The topological polar surface area (TPSA) is 34.1 Å². The Bertz CT molecular complexity index is 1440. The summed E-state index contributed by atoms with van der Waals surface area (Å²) in [5.41, 5.74) is -2.27. The average molecular weight is 936 g/mol. The molecule has 8 aliphatic rings. The molecule has 8 rings (SSSR count). The Balaban J connectivity index is 0.000000199. The van der Waals surface area contributed by atoms with Crippen LogP contribution in [-0.2, 0) is 9.59 Å². The van der Waals surface area contributed by atoms with Crippen LogP contribution in [0.25, 0.3) is 0 Å². The van der Waals surface area contributed by atoms with Crippen molar-refractivity contribution < 1.29 is 18.4 Å². The van der Waals surface area contributed by atoms with Gasteiger partial charge in [0, 0.05) is 0 Å². The molecule has 0 aromatic carbocycles. The third-order valence-electron chi connectivity index (χ3n) is 22.3. The summed E-state index contributed by atoms with van der Waals surface area (Å²) in [5, 5.41) is 0. The van der Waals surface area contributed by atoms with Crippen LogP contribution < -0.4 is 0 Å². The fourth-order valence-corrected chi connectivity index (χ4v) is 17.6. The van der Waals surface area contributed by atoms with Crippen molar-refractivity contribution >= 4 is 11.6 Å². The summed E-state index contributed by atoms with van der Waals surface area (Å²) in [7, 11) is 0. The minimum absolute atomic E-state index is 0.363. The molecule has 8 aliphatic carbocycles. The molecule has 0 bridgehead atoms. The SMILES string of the molecule is CCCCCCCC1CCC(C2CCC3(CC2)C(=O)[C@]2(CC[C@@H](CCCCC)CC2)[C@H]3F)CC1.CCCCCCCC1CCC([C@H]2CC[C@]3(CC2)C(=O)[C@@]2(CCC(CCCC)CC2)[C@H]3F)CC1. The summed E-state index contributed by atoms with van der Waals surface area (Å²) in [4.78, 5) is 27.0. The summed E-state index contributed by atoms with van der Waals surface area (Å²) in [6, 6.07) is 0. The molecule has 67 heavy (non-hydrogen) atoms. The molecule has 0 amide bonds. The lowest BCUT2D eigenvalue weighted by Crippen LogP contribution is -2.69. The van der Waals surface area contributed by atoms with E-state index in [1.165, 1.54) is 173 Å². The Morgan fingerprint density at radius 3 is 0.866 bits per heavy atom. The fraction of sp³-hybridized carbons (Fsp3) is 0.968. The number of carbonyl (C=O) groups is 2. The third-order valence-corrected chi connectivity index (χ3v) is 22.3. The number of halogens is 2. The van der Waals surface area contributed by atoms with Gasteiger partial charge < -0.3 is 0 Å². The van der Waals surface area contributed by atoms with Crippen molar-refractivity contribution in [1.29, 1.82) is 0 Å². The molecule has 0 radical (unpaired) electrons. The van der Waals surface area contributed by atoms with E-state index in [9.17, 15) is 9.59 Å². The maximum absolute atomic E-state index is 15.9. The van der Waals surface area contributed by atoms with Crippen molar-refractivity contribution in [3.8, 4) is 0 Å². The van der Waals surface area contributed by atoms with Crippen molar-refractivity contribution in [2.45, 2.75) is 316 Å². The first-order chi connectivity index (χ1) is 32.6. The summed E-state index contributed by atoms with van der Waals surface area (Å²) < 4.78 is 31.7. The molecule has 8 fully saturated rings. The van der Waals surface area contributed by atoms with Crippen LogP contribution in [0.5, 0.6) is 0 Å². The summed E-state index contributed by atoms with van der Waals surface area (Å²) in [6.07, 6.45) is 51.2. The van der Waals surface area contributed by atoms with Gasteiger partial charge in [-0.1, -0.05) is 175 Å². The molecular formula is C63H108F2O2. The zero-order valence-electron chi connectivity index (χ0n) is 44.8. The number of ketones is 2. The number of Topliss-reactive ketones (excluding diaryl/α,β-unsaturated/α-hetero) is 2. The normalized spacial score (nSPS) is 41.0. The molecule has 0 aliphatic heterocycles. The first-order valence-corrected chi connectivity index (χ1v) is 31.0. The minimum Gasteiger partial charge on any atom is -0.298 e. The van der Waals surface area contributed by atoms with E-state index in [0.29, 0.717) is 11.6 Å². The van der Waals surface area contributed by atoms with E-state index in [-0.39, 0.29) is 0 Å². The quantitative estimate of drug-likeness (QED) is 0.108. The number of hydrogen-bond acceptors (Lipinski definition) is 2. The predicted molar refractivity (Wildman–Crippen MR) is 279 cm³/mol. The molecule has 0 saturated heterocycles. The number of unbranched alkanes of at least 4 members (excludes halogenated alkanes) is 11. The zero-order valence-corrected chi connectivity index (χ0v) is 44.8. The molecule has 4 spiro atoms. The van der Waals surface area contributed by atoms with Crippen molar-refractivity contribution in [1.82, 2.24) is 0 Å². The van der Waals surface area contributed by atoms with Gasteiger partial charge in [0.2, 0.25) is 0 Å². The maximum Gasteiger partial charge on any atom is 0.151 e. The summed E-state index contributed by atoms with van der Waals surface area (Å²) in [5.74, 6) is 7.40. The van der Waals surface area contributed by atoms with Crippen LogP contribution in [0.2, 0.25) is 0 Å². The van der Waals surface area contributed by atoms with Crippen LogP contribution in [0.3, 0.4) is 0 Å². The van der Waals surface area contributed by atoms with Gasteiger partial charge in [-0.2, -0.15) is 0 Å². The van der Waals surface area contributed by atoms with E-state index in [1.807, 2.05) is 0 Å². The molecule has 2 atom stereocenters. The lowest BCUT2D eigenvalue weighted by Gasteiger charge is -2.61. The van der Waals surface area contributed by atoms with Crippen molar-refractivity contribution in [3.63, 3.8) is 0 Å². The Morgan fingerprint density at radius 1 is 0.313 bits per heavy atom. The monoisotopic (exact) mass is 935 g/mol. The van der Waals surface area contributed by atoms with E-state index in [1.54, 1.807) is 0 Å². The summed E-state index contributed by atoms with van der Waals surface area (Å²) in [6.45, 7) is 9.09. The van der Waals surface area contributed by atoms with E-state index in [2.05, 4.69) is 27.7 Å². The number of carbonyl (C=O) groups excluding carboxylic acids is 2. The largest absolute Gasteiger partial charge is 0.298 e. The second-order valence-electron chi connectivity index (χ2n) is 26.2. The molecule has 0 N–H and O–H groups in total. The van der Waals surface area contributed by atoms with E-state index < -0.39 is 34.0 Å². The molecule has 8 saturated carbocycles. The van der Waals surface area contributed by atoms with Crippen molar-refractivity contribution in [2.24, 2.45) is 69.0 Å². The first kappa shape index (κ1) is 54.0. The highest BCUT2D eigenvalue weighted by molar-refractivity contribution is 5.99. The Labute approximate surface area is 413 Å². The number of rotatable bonds is 21. The molecule has 2 nitrogen and oxygen atoms in total. The number of alkyl halides is 2. The van der Waals surface area contributed by atoms with Crippen LogP contribution in [0.15, 0.2) is 0 Å². The van der Waals surface area contributed by atoms with E-state index in [4.69, 9.17) is 0 Å². The number of hydrogen-bond donors (Lipinski definition) is 0. The van der Waals surface area contributed by atoms with Gasteiger partial charge in [-0.3, -0.25) is 9.59 Å². The van der Waals surface area contributed by atoms with Crippen molar-refractivity contribution in [3.05, 3.63) is 0 Å². The third kappa shape index (κ3) is 12.2. The molecular weight excluding hydrogens is 827 g/mol. The second kappa shape index (κ2) is 25.7. The van der Waals surface area contributed by atoms with Crippen LogP contribution in [0.1, 0.15) is 304 Å². The highest BCUT2D eigenvalue weighted by Gasteiger charge is 2.73. The highest BCUT2D eigenvalue weighted by Crippen LogP contribution is 2.68. The van der Waals surface area contributed by atoms with Gasteiger partial charge in [0.25, 0.3) is 0 Å². The molecule has 0 unspecified atom stereocenters. The zero-order chi connectivity index (χ0) is 47.3. The van der Waals surface area contributed by atoms with Crippen LogP contribution in [0, 0.1) is 69.0 Å². The van der Waals surface area contributed by atoms with Gasteiger partial charge in [-0.05, 0) is 176 Å². The smallest absolute Gasteiger partial charge is 0.151 e. The van der Waals surface area contributed by atoms with Gasteiger partial charge >= 0.3 is 0 Å². The average Bonchev–Trinajstić information content (AvgIpc) is 3.38.